The third kappa shape index (κ3) is 2.91. The highest BCUT2D eigenvalue weighted by Gasteiger charge is 2.15. The Morgan fingerprint density at radius 1 is 1.26 bits per heavy atom. The van der Waals surface area contributed by atoms with Gasteiger partial charge in [-0.2, -0.15) is 4.98 Å². The van der Waals surface area contributed by atoms with Crippen LogP contribution < -0.4 is 11.0 Å². The summed E-state index contributed by atoms with van der Waals surface area (Å²) in [6.07, 6.45) is 0. The zero-order valence-electron chi connectivity index (χ0n) is 15.0. The standard InChI is InChI=1S/C19H17N5O3/c1-10-13(5-4-6-14(10)20-11(2)25)18-22-17(23-27-18)12-7-8-16-15(9-12)21-19(26)24(16)3/h4-9H,1-3H3,(H,20,25)(H,21,26). The van der Waals surface area contributed by atoms with Crippen LogP contribution >= 0.6 is 0 Å². The molecule has 1 amide bonds. The predicted molar refractivity (Wildman–Crippen MR) is 101 cm³/mol. The van der Waals surface area contributed by atoms with E-state index in [0.717, 1.165) is 22.2 Å². The van der Waals surface area contributed by atoms with Crippen molar-refractivity contribution in [2.75, 3.05) is 5.32 Å². The van der Waals surface area contributed by atoms with Crippen LogP contribution in [0.1, 0.15) is 12.5 Å². The van der Waals surface area contributed by atoms with Crippen molar-refractivity contribution in [3.8, 4) is 22.8 Å². The van der Waals surface area contributed by atoms with Crippen molar-refractivity contribution in [2.24, 2.45) is 7.05 Å². The predicted octanol–water partition coefficient (Wildman–Crippen LogP) is 2.85. The molecule has 2 heterocycles. The number of aromatic amines is 1. The van der Waals surface area contributed by atoms with Crippen LogP contribution in [0.2, 0.25) is 0 Å². The Morgan fingerprint density at radius 2 is 2.07 bits per heavy atom. The molecule has 136 valence electrons. The summed E-state index contributed by atoms with van der Waals surface area (Å²) >= 11 is 0. The summed E-state index contributed by atoms with van der Waals surface area (Å²) in [6.45, 7) is 3.34. The first-order valence-corrected chi connectivity index (χ1v) is 8.34. The van der Waals surface area contributed by atoms with Crippen LogP contribution in [0.25, 0.3) is 33.9 Å². The molecular weight excluding hydrogens is 346 g/mol. The van der Waals surface area contributed by atoms with Crippen molar-refractivity contribution >= 4 is 22.6 Å². The van der Waals surface area contributed by atoms with Crippen molar-refractivity contribution in [1.29, 1.82) is 0 Å². The van der Waals surface area contributed by atoms with E-state index in [-0.39, 0.29) is 11.6 Å². The van der Waals surface area contributed by atoms with Crippen LogP contribution in [0, 0.1) is 6.92 Å². The molecule has 2 N–H and O–H groups in total. The van der Waals surface area contributed by atoms with Gasteiger partial charge in [0.25, 0.3) is 5.89 Å². The van der Waals surface area contributed by atoms with E-state index in [1.807, 2.05) is 43.3 Å². The van der Waals surface area contributed by atoms with E-state index in [2.05, 4.69) is 20.4 Å². The second kappa shape index (κ2) is 6.24. The van der Waals surface area contributed by atoms with Crippen molar-refractivity contribution in [2.45, 2.75) is 13.8 Å². The van der Waals surface area contributed by atoms with Gasteiger partial charge in [-0.05, 0) is 42.8 Å². The number of anilines is 1. The second-order valence-corrected chi connectivity index (χ2v) is 6.30. The lowest BCUT2D eigenvalue weighted by molar-refractivity contribution is -0.114. The van der Waals surface area contributed by atoms with Gasteiger partial charge >= 0.3 is 5.69 Å². The topological polar surface area (TPSA) is 106 Å². The maximum Gasteiger partial charge on any atom is 0.326 e. The van der Waals surface area contributed by atoms with Gasteiger partial charge in [0.15, 0.2) is 0 Å². The number of aromatic nitrogens is 4. The third-order valence-electron chi connectivity index (χ3n) is 4.46. The van der Waals surface area contributed by atoms with E-state index in [9.17, 15) is 9.59 Å². The lowest BCUT2D eigenvalue weighted by Gasteiger charge is -2.08. The van der Waals surface area contributed by atoms with Crippen LogP contribution in [0.15, 0.2) is 45.7 Å². The number of H-pyrrole nitrogens is 1. The summed E-state index contributed by atoms with van der Waals surface area (Å²) < 4.78 is 6.98. The number of aryl methyl sites for hydroxylation is 1. The summed E-state index contributed by atoms with van der Waals surface area (Å²) in [5, 5.41) is 6.84. The van der Waals surface area contributed by atoms with Crippen molar-refractivity contribution in [3.63, 3.8) is 0 Å². The van der Waals surface area contributed by atoms with Gasteiger partial charge in [-0.1, -0.05) is 11.2 Å². The average molecular weight is 363 g/mol. The minimum absolute atomic E-state index is 0.147. The summed E-state index contributed by atoms with van der Waals surface area (Å²) in [7, 11) is 1.71. The highest BCUT2D eigenvalue weighted by Crippen LogP contribution is 2.29. The molecule has 0 aliphatic heterocycles. The molecule has 0 fully saturated rings. The van der Waals surface area contributed by atoms with E-state index in [4.69, 9.17) is 4.52 Å². The second-order valence-electron chi connectivity index (χ2n) is 6.30. The molecule has 0 aliphatic carbocycles. The van der Waals surface area contributed by atoms with Gasteiger partial charge in [-0.15, -0.1) is 0 Å². The summed E-state index contributed by atoms with van der Waals surface area (Å²) in [5.41, 5.74) is 4.33. The Morgan fingerprint density at radius 3 is 2.85 bits per heavy atom. The van der Waals surface area contributed by atoms with E-state index >= 15 is 0 Å². The minimum atomic E-state index is -0.179. The number of carbonyl (C=O) groups is 1. The van der Waals surface area contributed by atoms with Crippen LogP contribution in [0.3, 0.4) is 0 Å². The van der Waals surface area contributed by atoms with E-state index in [1.54, 1.807) is 7.05 Å². The largest absolute Gasteiger partial charge is 0.334 e. The van der Waals surface area contributed by atoms with Gasteiger partial charge in [0.2, 0.25) is 11.7 Å². The Bertz CT molecular complexity index is 1230. The molecule has 8 nitrogen and oxygen atoms in total. The number of benzene rings is 2. The Hall–Kier alpha value is -3.68. The zero-order chi connectivity index (χ0) is 19.1. The highest BCUT2D eigenvalue weighted by atomic mass is 16.5. The molecule has 0 radical (unpaired) electrons. The molecule has 8 heteroatoms. The number of amides is 1. The maximum absolute atomic E-state index is 11.7. The summed E-state index contributed by atoms with van der Waals surface area (Å²) in [6, 6.07) is 11.0. The Balaban J connectivity index is 1.74. The molecule has 4 rings (SSSR count). The molecule has 0 saturated carbocycles. The quantitative estimate of drug-likeness (QED) is 0.582. The van der Waals surface area contributed by atoms with Gasteiger partial charge in [0.1, 0.15) is 0 Å². The molecule has 2 aromatic carbocycles. The number of imidazole rings is 1. The van der Waals surface area contributed by atoms with Crippen molar-refractivity contribution in [1.82, 2.24) is 19.7 Å². The molecule has 0 spiro atoms. The van der Waals surface area contributed by atoms with Gasteiger partial charge in [-0.3, -0.25) is 9.36 Å². The van der Waals surface area contributed by atoms with Crippen LogP contribution in [0.5, 0.6) is 0 Å². The Labute approximate surface area is 153 Å². The van der Waals surface area contributed by atoms with Crippen LogP contribution in [-0.2, 0) is 11.8 Å². The number of hydrogen-bond acceptors (Lipinski definition) is 5. The molecule has 0 atom stereocenters. The monoisotopic (exact) mass is 363 g/mol. The molecule has 0 aliphatic rings. The smallest absolute Gasteiger partial charge is 0.326 e. The first-order chi connectivity index (χ1) is 12.9. The first-order valence-electron chi connectivity index (χ1n) is 8.34. The summed E-state index contributed by atoms with van der Waals surface area (Å²) in [5.74, 6) is 0.629. The normalized spacial score (nSPS) is 11.1. The number of nitrogens with one attached hydrogen (secondary N) is 2. The lowest BCUT2D eigenvalue weighted by Crippen LogP contribution is -2.11. The lowest BCUT2D eigenvalue weighted by atomic mass is 10.1. The molecule has 0 bridgehead atoms. The third-order valence-corrected chi connectivity index (χ3v) is 4.46. The number of rotatable bonds is 3. The van der Waals surface area contributed by atoms with Gasteiger partial charge < -0.3 is 14.8 Å². The highest BCUT2D eigenvalue weighted by molar-refractivity contribution is 5.90. The maximum atomic E-state index is 11.7. The fraction of sp³-hybridized carbons (Fsp3) is 0.158. The first kappa shape index (κ1) is 16.8. The fourth-order valence-corrected chi connectivity index (χ4v) is 3.02. The molecular formula is C19H17N5O3. The number of carbonyl (C=O) groups excluding carboxylic acids is 1. The number of hydrogen-bond donors (Lipinski definition) is 2. The number of fused-ring (bicyclic) bond motifs is 1. The van der Waals surface area contributed by atoms with Gasteiger partial charge in [0, 0.05) is 30.8 Å². The summed E-state index contributed by atoms with van der Waals surface area (Å²) in [4.78, 5) is 30.4. The van der Waals surface area contributed by atoms with E-state index in [0.29, 0.717) is 22.9 Å². The molecule has 4 aromatic rings. The van der Waals surface area contributed by atoms with E-state index < -0.39 is 0 Å². The molecule has 0 saturated heterocycles. The van der Waals surface area contributed by atoms with Crippen LogP contribution in [-0.4, -0.2) is 25.6 Å². The van der Waals surface area contributed by atoms with Gasteiger partial charge in [0.05, 0.1) is 11.0 Å². The fourth-order valence-electron chi connectivity index (χ4n) is 3.02. The van der Waals surface area contributed by atoms with E-state index in [1.165, 1.54) is 11.5 Å². The van der Waals surface area contributed by atoms with Crippen molar-refractivity contribution in [3.05, 3.63) is 52.4 Å². The number of nitrogens with zero attached hydrogens (tertiary/aromatic N) is 3. The van der Waals surface area contributed by atoms with Crippen molar-refractivity contribution < 1.29 is 9.32 Å². The molecule has 27 heavy (non-hydrogen) atoms. The van der Waals surface area contributed by atoms with Crippen LogP contribution in [0.4, 0.5) is 5.69 Å². The molecule has 2 aromatic heterocycles. The Kier molecular flexibility index (Phi) is 3.88. The average Bonchev–Trinajstić information content (AvgIpc) is 3.22. The van der Waals surface area contributed by atoms with Gasteiger partial charge in [-0.25, -0.2) is 4.79 Å². The minimum Gasteiger partial charge on any atom is -0.334 e. The molecule has 0 unspecified atom stereocenters. The SMILES string of the molecule is CC(=O)Nc1cccc(-c2nc(-c3ccc4c(c3)[nH]c(=O)n4C)no2)c1C. The zero-order valence-corrected chi connectivity index (χ0v) is 15.0.